The molecular formula is C18H22N6O. The normalized spacial score (nSPS) is 16.8. The largest absolute Gasteiger partial charge is 0.361 e. The fourth-order valence-electron chi connectivity index (χ4n) is 4.03. The maximum absolute atomic E-state index is 13.4. The Balaban J connectivity index is 1.63. The SMILES string of the molecule is CN(Cc1cccc2[nH]ccc12)C(=O)C1(c2nn[nH]n2)CCCCC1. The molecule has 7 nitrogen and oxygen atoms in total. The van der Waals surface area contributed by atoms with Crippen molar-refractivity contribution in [1.29, 1.82) is 0 Å². The summed E-state index contributed by atoms with van der Waals surface area (Å²) >= 11 is 0. The van der Waals surface area contributed by atoms with Gasteiger partial charge in [-0.1, -0.05) is 36.6 Å². The number of aromatic amines is 2. The van der Waals surface area contributed by atoms with Crippen LogP contribution in [0.4, 0.5) is 0 Å². The molecule has 0 unspecified atom stereocenters. The number of aromatic nitrogens is 5. The van der Waals surface area contributed by atoms with Gasteiger partial charge in [-0.25, -0.2) is 0 Å². The summed E-state index contributed by atoms with van der Waals surface area (Å²) in [5.74, 6) is 0.616. The molecule has 4 rings (SSSR count). The van der Waals surface area contributed by atoms with Gasteiger partial charge in [-0.2, -0.15) is 5.21 Å². The number of fused-ring (bicyclic) bond motifs is 1. The molecule has 1 aliphatic rings. The number of nitrogens with zero attached hydrogens (tertiary/aromatic N) is 4. The summed E-state index contributed by atoms with van der Waals surface area (Å²) in [6.45, 7) is 0.563. The summed E-state index contributed by atoms with van der Waals surface area (Å²) in [6, 6.07) is 8.19. The molecule has 1 fully saturated rings. The number of tetrazole rings is 1. The van der Waals surface area contributed by atoms with Crippen LogP contribution in [0.3, 0.4) is 0 Å². The molecule has 2 heterocycles. The van der Waals surface area contributed by atoms with Gasteiger partial charge in [0.1, 0.15) is 5.41 Å². The average Bonchev–Trinajstić information content (AvgIpc) is 3.34. The van der Waals surface area contributed by atoms with Gasteiger partial charge in [0.2, 0.25) is 5.91 Å². The molecule has 0 bridgehead atoms. The number of carbonyl (C=O) groups excluding carboxylic acids is 1. The quantitative estimate of drug-likeness (QED) is 0.765. The standard InChI is InChI=1S/C18H22N6O/c1-24(12-13-6-5-7-15-14(13)8-11-19-15)17(25)18(9-3-2-4-10-18)16-20-22-23-21-16/h5-8,11,19H,2-4,9-10,12H2,1H3,(H,20,21,22,23). The molecule has 1 aliphatic carbocycles. The number of amides is 1. The fourth-order valence-corrected chi connectivity index (χ4v) is 4.03. The van der Waals surface area contributed by atoms with Crippen LogP contribution in [0.1, 0.15) is 43.5 Å². The third kappa shape index (κ3) is 2.69. The Morgan fingerprint density at radius 3 is 2.84 bits per heavy atom. The summed E-state index contributed by atoms with van der Waals surface area (Å²) in [5.41, 5.74) is 1.57. The van der Waals surface area contributed by atoms with E-state index in [1.807, 2.05) is 30.3 Å². The molecule has 0 spiro atoms. The Bertz CT molecular complexity index is 863. The maximum atomic E-state index is 13.4. The van der Waals surface area contributed by atoms with Crippen molar-refractivity contribution in [3.05, 3.63) is 41.9 Å². The van der Waals surface area contributed by atoms with Crippen molar-refractivity contribution in [3.63, 3.8) is 0 Å². The highest BCUT2D eigenvalue weighted by atomic mass is 16.2. The predicted molar refractivity (Wildman–Crippen MR) is 93.7 cm³/mol. The summed E-state index contributed by atoms with van der Waals surface area (Å²) in [5, 5.41) is 15.7. The van der Waals surface area contributed by atoms with Crippen LogP contribution in [0.5, 0.6) is 0 Å². The lowest BCUT2D eigenvalue weighted by Gasteiger charge is -2.36. The second-order valence-corrected chi connectivity index (χ2v) is 6.90. The predicted octanol–water partition coefficient (Wildman–Crippen LogP) is 2.54. The van der Waals surface area contributed by atoms with E-state index in [0.717, 1.165) is 48.6 Å². The summed E-state index contributed by atoms with van der Waals surface area (Å²) in [4.78, 5) is 18.4. The lowest BCUT2D eigenvalue weighted by atomic mass is 9.72. The molecule has 0 atom stereocenters. The van der Waals surface area contributed by atoms with E-state index >= 15 is 0 Å². The van der Waals surface area contributed by atoms with Crippen LogP contribution >= 0.6 is 0 Å². The highest BCUT2D eigenvalue weighted by Gasteiger charge is 2.46. The highest BCUT2D eigenvalue weighted by Crippen LogP contribution is 2.39. The van der Waals surface area contributed by atoms with Crippen LogP contribution in [-0.4, -0.2) is 43.5 Å². The van der Waals surface area contributed by atoms with Gasteiger partial charge in [0.15, 0.2) is 5.82 Å². The first-order chi connectivity index (χ1) is 12.2. The number of benzene rings is 1. The van der Waals surface area contributed by atoms with Crippen LogP contribution in [-0.2, 0) is 16.8 Å². The number of H-pyrrole nitrogens is 2. The molecule has 0 saturated heterocycles. The first-order valence-corrected chi connectivity index (χ1v) is 8.75. The number of carbonyl (C=O) groups is 1. The number of rotatable bonds is 4. The monoisotopic (exact) mass is 338 g/mol. The minimum absolute atomic E-state index is 0.0844. The average molecular weight is 338 g/mol. The van der Waals surface area contributed by atoms with Gasteiger partial charge in [0, 0.05) is 30.7 Å². The zero-order chi connectivity index (χ0) is 17.3. The zero-order valence-corrected chi connectivity index (χ0v) is 14.3. The van der Waals surface area contributed by atoms with Crippen LogP contribution < -0.4 is 0 Å². The van der Waals surface area contributed by atoms with E-state index in [4.69, 9.17) is 0 Å². The van der Waals surface area contributed by atoms with Gasteiger partial charge in [0.25, 0.3) is 0 Å². The van der Waals surface area contributed by atoms with Crippen molar-refractivity contribution >= 4 is 16.8 Å². The van der Waals surface area contributed by atoms with E-state index in [2.05, 4.69) is 37.7 Å². The lowest BCUT2D eigenvalue weighted by molar-refractivity contribution is -0.138. The Morgan fingerprint density at radius 2 is 2.08 bits per heavy atom. The lowest BCUT2D eigenvalue weighted by Crippen LogP contribution is -2.47. The van der Waals surface area contributed by atoms with Gasteiger partial charge in [0.05, 0.1) is 0 Å². The summed E-state index contributed by atoms with van der Waals surface area (Å²) < 4.78 is 0. The van der Waals surface area contributed by atoms with Gasteiger partial charge >= 0.3 is 0 Å². The summed E-state index contributed by atoms with van der Waals surface area (Å²) in [7, 11) is 1.87. The molecule has 0 aliphatic heterocycles. The van der Waals surface area contributed by atoms with E-state index in [-0.39, 0.29) is 5.91 Å². The van der Waals surface area contributed by atoms with Crippen LogP contribution in [0.25, 0.3) is 10.9 Å². The Morgan fingerprint density at radius 1 is 1.24 bits per heavy atom. The van der Waals surface area contributed by atoms with Crippen LogP contribution in [0, 0.1) is 0 Å². The van der Waals surface area contributed by atoms with E-state index in [9.17, 15) is 4.79 Å². The van der Waals surface area contributed by atoms with Gasteiger partial charge in [-0.15, -0.1) is 10.2 Å². The molecule has 0 radical (unpaired) electrons. The van der Waals surface area contributed by atoms with Gasteiger partial charge < -0.3 is 9.88 Å². The molecule has 1 aromatic carbocycles. The van der Waals surface area contributed by atoms with Crippen LogP contribution in [0.2, 0.25) is 0 Å². The molecule has 2 N–H and O–H groups in total. The molecule has 1 amide bonds. The van der Waals surface area contributed by atoms with E-state index in [1.165, 1.54) is 0 Å². The minimum Gasteiger partial charge on any atom is -0.361 e. The zero-order valence-electron chi connectivity index (χ0n) is 14.3. The van der Waals surface area contributed by atoms with Crippen molar-refractivity contribution in [2.45, 2.75) is 44.1 Å². The molecule has 3 aromatic rings. The second kappa shape index (κ2) is 6.31. The number of likely N-dealkylation sites (N-methyl/N-ethyl adjacent to an activating group) is 1. The van der Waals surface area contributed by atoms with Gasteiger partial charge in [-0.05, 0) is 30.5 Å². The van der Waals surface area contributed by atoms with Crippen molar-refractivity contribution in [2.24, 2.45) is 0 Å². The summed E-state index contributed by atoms with van der Waals surface area (Å²) in [6.07, 6.45) is 6.67. The molecule has 25 heavy (non-hydrogen) atoms. The smallest absolute Gasteiger partial charge is 0.236 e. The van der Waals surface area contributed by atoms with E-state index in [1.54, 1.807) is 0 Å². The first kappa shape index (κ1) is 15.8. The molecule has 1 saturated carbocycles. The van der Waals surface area contributed by atoms with Crippen LogP contribution in [0.15, 0.2) is 30.5 Å². The minimum atomic E-state index is -0.647. The van der Waals surface area contributed by atoms with Crippen molar-refractivity contribution in [3.8, 4) is 0 Å². The van der Waals surface area contributed by atoms with Crippen molar-refractivity contribution in [2.75, 3.05) is 7.05 Å². The molecule has 7 heteroatoms. The van der Waals surface area contributed by atoms with E-state index < -0.39 is 5.41 Å². The number of nitrogens with one attached hydrogen (secondary N) is 2. The maximum Gasteiger partial charge on any atom is 0.236 e. The highest BCUT2D eigenvalue weighted by molar-refractivity contribution is 5.88. The third-order valence-corrected chi connectivity index (χ3v) is 5.33. The Kier molecular flexibility index (Phi) is 3.99. The number of hydrogen-bond donors (Lipinski definition) is 2. The fraction of sp³-hybridized carbons (Fsp3) is 0.444. The Hall–Kier alpha value is -2.70. The van der Waals surface area contributed by atoms with Crippen molar-refractivity contribution < 1.29 is 4.79 Å². The molecule has 130 valence electrons. The Labute approximate surface area is 145 Å². The van der Waals surface area contributed by atoms with E-state index in [0.29, 0.717) is 12.4 Å². The second-order valence-electron chi connectivity index (χ2n) is 6.90. The van der Waals surface area contributed by atoms with Gasteiger partial charge in [-0.3, -0.25) is 4.79 Å². The third-order valence-electron chi connectivity index (χ3n) is 5.33. The molecule has 2 aromatic heterocycles. The number of hydrogen-bond acceptors (Lipinski definition) is 4. The van der Waals surface area contributed by atoms with Crippen molar-refractivity contribution in [1.82, 2.24) is 30.5 Å². The first-order valence-electron chi connectivity index (χ1n) is 8.75. The topological polar surface area (TPSA) is 90.6 Å². The molecular weight excluding hydrogens is 316 g/mol.